The molecular formula is C17H13F6NO5S. The maximum atomic E-state index is 13.6. The molecule has 13 heteroatoms. The predicted octanol–water partition coefficient (Wildman–Crippen LogP) is 4.17. The lowest BCUT2D eigenvalue weighted by molar-refractivity contribution is -0.204. The van der Waals surface area contributed by atoms with Crippen LogP contribution in [0.15, 0.2) is 33.7 Å². The molecule has 30 heavy (non-hydrogen) atoms. The van der Waals surface area contributed by atoms with Gasteiger partial charge >= 0.3 is 18.3 Å². The Labute approximate surface area is 165 Å². The van der Waals surface area contributed by atoms with E-state index in [4.69, 9.17) is 4.52 Å². The first-order chi connectivity index (χ1) is 13.7. The van der Waals surface area contributed by atoms with Crippen molar-refractivity contribution in [1.29, 1.82) is 0 Å². The summed E-state index contributed by atoms with van der Waals surface area (Å²) in [5, 5.41) is 3.48. The number of ether oxygens (including phenoxy) is 1. The average Bonchev–Trinajstić information content (AvgIpc) is 3.34. The second kappa shape index (κ2) is 7.29. The number of aromatic nitrogens is 1. The van der Waals surface area contributed by atoms with E-state index in [0.717, 1.165) is 12.1 Å². The predicted molar refractivity (Wildman–Crippen MR) is 87.0 cm³/mol. The highest BCUT2D eigenvalue weighted by Gasteiger charge is 2.45. The molecule has 1 aliphatic carbocycles. The normalized spacial score (nSPS) is 16.4. The number of rotatable bonds is 5. The fraction of sp³-hybridized carbons (Fsp3) is 0.412. The van der Waals surface area contributed by atoms with Crippen molar-refractivity contribution in [2.75, 3.05) is 6.26 Å². The van der Waals surface area contributed by atoms with E-state index in [2.05, 4.69) is 9.89 Å². The van der Waals surface area contributed by atoms with Crippen molar-refractivity contribution >= 4 is 15.8 Å². The van der Waals surface area contributed by atoms with Crippen LogP contribution in [0.1, 0.15) is 47.4 Å². The third kappa shape index (κ3) is 4.77. The number of nitrogens with zero attached hydrogens (tertiary/aromatic N) is 1. The van der Waals surface area contributed by atoms with Crippen LogP contribution in [0.25, 0.3) is 0 Å². The molecule has 0 N–H and O–H groups in total. The Morgan fingerprint density at radius 2 is 1.80 bits per heavy atom. The summed E-state index contributed by atoms with van der Waals surface area (Å²) in [5.74, 6) is -2.57. The third-order valence-corrected chi connectivity index (χ3v) is 5.40. The molecule has 3 rings (SSSR count). The van der Waals surface area contributed by atoms with E-state index in [0.29, 0.717) is 25.2 Å². The highest BCUT2D eigenvalue weighted by molar-refractivity contribution is 7.90. The van der Waals surface area contributed by atoms with Gasteiger partial charge < -0.3 is 9.26 Å². The molecule has 1 aliphatic rings. The Bertz CT molecular complexity index is 1070. The van der Waals surface area contributed by atoms with Crippen molar-refractivity contribution < 1.29 is 48.8 Å². The molecule has 0 radical (unpaired) electrons. The fourth-order valence-electron chi connectivity index (χ4n) is 2.68. The summed E-state index contributed by atoms with van der Waals surface area (Å²) in [6.45, 7) is 0. The van der Waals surface area contributed by atoms with Crippen LogP contribution in [0.3, 0.4) is 0 Å². The average molecular weight is 457 g/mol. The van der Waals surface area contributed by atoms with E-state index in [1.165, 1.54) is 0 Å². The standard InChI is InChI=1S/C17H13F6NO5S/c1-30(26,27)9-4-5-10(11(6-9)16(18,19)20)14(28-15(25)17(21,22)23)12-7-13(29-24-12)8-2-3-8/h4-8,14H,2-3H2,1H3. The first-order valence-electron chi connectivity index (χ1n) is 8.33. The van der Waals surface area contributed by atoms with Gasteiger partial charge in [0.1, 0.15) is 11.5 Å². The molecule has 0 amide bonds. The Morgan fingerprint density at radius 1 is 1.17 bits per heavy atom. The summed E-state index contributed by atoms with van der Waals surface area (Å²) in [4.78, 5) is 10.7. The van der Waals surface area contributed by atoms with Gasteiger partial charge in [-0.15, -0.1) is 0 Å². The topological polar surface area (TPSA) is 86.5 Å². The van der Waals surface area contributed by atoms with E-state index in [9.17, 15) is 39.6 Å². The Hall–Kier alpha value is -2.57. The zero-order valence-corrected chi connectivity index (χ0v) is 15.9. The number of sulfone groups is 1. The number of esters is 1. The molecule has 1 heterocycles. The molecule has 1 atom stereocenters. The molecule has 0 aliphatic heterocycles. The van der Waals surface area contributed by atoms with Gasteiger partial charge in [0.2, 0.25) is 0 Å². The quantitative estimate of drug-likeness (QED) is 0.495. The van der Waals surface area contributed by atoms with Crippen LogP contribution in [-0.4, -0.2) is 32.0 Å². The first-order valence-corrected chi connectivity index (χ1v) is 10.2. The SMILES string of the molecule is CS(=O)(=O)c1ccc(C(OC(=O)C(F)(F)F)c2cc(C3CC3)on2)c(C(F)(F)F)c1. The largest absolute Gasteiger partial charge is 0.490 e. The van der Waals surface area contributed by atoms with Crippen LogP contribution >= 0.6 is 0 Å². The van der Waals surface area contributed by atoms with Crippen molar-refractivity contribution in [3.05, 3.63) is 46.8 Å². The summed E-state index contributed by atoms with van der Waals surface area (Å²) in [6.07, 6.45) is -10.8. The molecule has 1 fully saturated rings. The number of alkyl halides is 6. The van der Waals surface area contributed by atoms with Gasteiger partial charge in [-0.2, -0.15) is 26.3 Å². The second-order valence-corrected chi connectivity index (χ2v) is 8.75. The van der Waals surface area contributed by atoms with Crippen molar-refractivity contribution in [1.82, 2.24) is 5.16 Å². The van der Waals surface area contributed by atoms with E-state index < -0.39 is 56.0 Å². The lowest BCUT2D eigenvalue weighted by Gasteiger charge is -2.21. The highest BCUT2D eigenvalue weighted by Crippen LogP contribution is 2.43. The van der Waals surface area contributed by atoms with Crippen molar-refractivity contribution in [3.63, 3.8) is 0 Å². The molecule has 1 aromatic carbocycles. The summed E-state index contributed by atoms with van der Waals surface area (Å²) < 4.78 is 112. The molecule has 1 unspecified atom stereocenters. The zero-order chi connectivity index (χ0) is 22.5. The molecule has 6 nitrogen and oxygen atoms in total. The van der Waals surface area contributed by atoms with Gasteiger partial charge in [0.15, 0.2) is 15.9 Å². The van der Waals surface area contributed by atoms with Crippen LogP contribution < -0.4 is 0 Å². The van der Waals surface area contributed by atoms with Crippen LogP contribution in [0.2, 0.25) is 0 Å². The molecule has 1 saturated carbocycles. The maximum Gasteiger partial charge on any atom is 0.490 e. The van der Waals surface area contributed by atoms with Gasteiger partial charge in [-0.05, 0) is 25.0 Å². The number of carbonyl (C=O) groups excluding carboxylic acids is 1. The minimum absolute atomic E-state index is 0.0695. The first kappa shape index (κ1) is 22.1. The van der Waals surface area contributed by atoms with Gasteiger partial charge in [-0.1, -0.05) is 11.2 Å². The van der Waals surface area contributed by atoms with Crippen molar-refractivity contribution in [3.8, 4) is 0 Å². The van der Waals surface area contributed by atoms with E-state index in [1.54, 1.807) is 0 Å². The molecular weight excluding hydrogens is 444 g/mol. The van der Waals surface area contributed by atoms with Gasteiger partial charge in [-0.25, -0.2) is 13.2 Å². The van der Waals surface area contributed by atoms with Gasteiger partial charge in [0.25, 0.3) is 0 Å². The van der Waals surface area contributed by atoms with Crippen LogP contribution in [0.5, 0.6) is 0 Å². The summed E-state index contributed by atoms with van der Waals surface area (Å²) in [6, 6.07) is 2.80. The Kier molecular flexibility index (Phi) is 5.37. The third-order valence-electron chi connectivity index (χ3n) is 4.29. The molecule has 0 saturated heterocycles. The van der Waals surface area contributed by atoms with Crippen LogP contribution in [0.4, 0.5) is 26.3 Å². The van der Waals surface area contributed by atoms with E-state index >= 15 is 0 Å². The number of halogens is 6. The monoisotopic (exact) mass is 457 g/mol. The number of carbonyl (C=O) groups is 1. The smallest absolute Gasteiger partial charge is 0.444 e. The van der Waals surface area contributed by atoms with Crippen molar-refractivity contribution in [2.24, 2.45) is 0 Å². The zero-order valence-electron chi connectivity index (χ0n) is 15.0. The van der Waals surface area contributed by atoms with Crippen LogP contribution in [0, 0.1) is 0 Å². The van der Waals surface area contributed by atoms with Crippen molar-refractivity contribution in [2.45, 2.75) is 42.1 Å². The molecule has 0 bridgehead atoms. The number of hydrogen-bond donors (Lipinski definition) is 0. The minimum Gasteiger partial charge on any atom is -0.444 e. The summed E-state index contributed by atoms with van der Waals surface area (Å²) >= 11 is 0. The number of benzene rings is 1. The molecule has 1 aromatic heterocycles. The van der Waals surface area contributed by atoms with Gasteiger partial charge in [-0.3, -0.25) is 0 Å². The van der Waals surface area contributed by atoms with Gasteiger partial charge in [0.05, 0.1) is 10.5 Å². The minimum atomic E-state index is -5.48. The lowest BCUT2D eigenvalue weighted by atomic mass is 9.99. The van der Waals surface area contributed by atoms with Crippen LogP contribution in [-0.2, 0) is 25.5 Å². The van der Waals surface area contributed by atoms with Gasteiger partial charge in [0, 0.05) is 23.8 Å². The van der Waals surface area contributed by atoms with E-state index in [1.807, 2.05) is 0 Å². The fourth-order valence-corrected chi connectivity index (χ4v) is 3.33. The highest BCUT2D eigenvalue weighted by atomic mass is 32.2. The second-order valence-electron chi connectivity index (χ2n) is 6.73. The summed E-state index contributed by atoms with van der Waals surface area (Å²) in [5.41, 5.74) is -2.98. The molecule has 2 aromatic rings. The summed E-state index contributed by atoms with van der Waals surface area (Å²) in [7, 11) is -4.06. The molecule has 0 spiro atoms. The number of hydrogen-bond acceptors (Lipinski definition) is 6. The Morgan fingerprint density at radius 3 is 2.30 bits per heavy atom. The Balaban J connectivity index is 2.15. The maximum absolute atomic E-state index is 13.6. The lowest BCUT2D eigenvalue weighted by Crippen LogP contribution is -2.28. The molecule has 164 valence electrons. The van der Waals surface area contributed by atoms with E-state index in [-0.39, 0.29) is 17.7 Å².